The van der Waals surface area contributed by atoms with Crippen molar-refractivity contribution in [2.45, 2.75) is 32.4 Å². The second-order valence-electron chi connectivity index (χ2n) is 4.63. The summed E-state index contributed by atoms with van der Waals surface area (Å²) in [6, 6.07) is 0.750. The topological polar surface area (TPSA) is 39.0 Å². The second kappa shape index (κ2) is 4.23. The maximum Gasteiger partial charge on any atom is 0.327 e. The van der Waals surface area contributed by atoms with Crippen LogP contribution in [0.4, 0.5) is 0 Å². The molecule has 4 heteroatoms. The molecule has 0 radical (unpaired) electrons. The van der Waals surface area contributed by atoms with E-state index >= 15 is 0 Å². The Kier molecular flexibility index (Phi) is 2.95. The third-order valence-corrected chi connectivity index (χ3v) is 2.86. The van der Waals surface area contributed by atoms with Crippen LogP contribution in [0.2, 0.25) is 0 Å². The fourth-order valence-corrected chi connectivity index (χ4v) is 1.71. The quantitative estimate of drug-likeness (QED) is 0.770. The Balaban J connectivity index is 1.84. The molecule has 0 bridgehead atoms. The van der Waals surface area contributed by atoms with Gasteiger partial charge in [0.25, 0.3) is 0 Å². The molecule has 1 saturated carbocycles. The highest BCUT2D eigenvalue weighted by atomic mass is 16.1. The molecule has 2 rings (SSSR count). The van der Waals surface area contributed by atoms with E-state index in [-0.39, 0.29) is 5.69 Å². The molecule has 1 N–H and O–H groups in total. The third kappa shape index (κ3) is 2.72. The molecule has 84 valence electrons. The predicted octanol–water partition coefficient (Wildman–Crippen LogP) is 0.575. The van der Waals surface area contributed by atoms with E-state index in [2.05, 4.69) is 12.2 Å². The van der Waals surface area contributed by atoms with Gasteiger partial charge < -0.3 is 9.88 Å². The second-order valence-corrected chi connectivity index (χ2v) is 4.63. The van der Waals surface area contributed by atoms with Crippen molar-refractivity contribution < 1.29 is 0 Å². The van der Waals surface area contributed by atoms with Gasteiger partial charge in [0.2, 0.25) is 0 Å². The van der Waals surface area contributed by atoms with Crippen molar-refractivity contribution >= 4 is 0 Å². The van der Waals surface area contributed by atoms with E-state index in [1.54, 1.807) is 16.2 Å². The standard InChI is InChI=1S/C11H19N3O/c1-9(7-12-10-3-4-10)8-14-6-5-13(2)11(14)15/h5-6,9-10,12H,3-4,7-8H2,1-2H3. The average Bonchev–Trinajstić information content (AvgIpc) is 2.98. The van der Waals surface area contributed by atoms with Gasteiger partial charge in [0.05, 0.1) is 0 Å². The lowest BCUT2D eigenvalue weighted by Crippen LogP contribution is -2.30. The first kappa shape index (κ1) is 10.5. The number of hydrogen-bond donors (Lipinski definition) is 1. The van der Waals surface area contributed by atoms with Crippen LogP contribution in [0.25, 0.3) is 0 Å². The smallest absolute Gasteiger partial charge is 0.314 e. The summed E-state index contributed by atoms with van der Waals surface area (Å²) in [6.45, 7) is 3.99. The Hall–Kier alpha value is -1.03. The minimum absolute atomic E-state index is 0.0771. The summed E-state index contributed by atoms with van der Waals surface area (Å²) >= 11 is 0. The minimum Gasteiger partial charge on any atom is -0.314 e. The number of imidazole rings is 1. The van der Waals surface area contributed by atoms with E-state index < -0.39 is 0 Å². The van der Waals surface area contributed by atoms with Crippen LogP contribution in [0, 0.1) is 5.92 Å². The van der Waals surface area contributed by atoms with Crippen molar-refractivity contribution in [2.75, 3.05) is 6.54 Å². The molecule has 1 aliphatic rings. The monoisotopic (exact) mass is 209 g/mol. The van der Waals surface area contributed by atoms with Gasteiger partial charge in [0.15, 0.2) is 0 Å². The van der Waals surface area contributed by atoms with E-state index in [0.29, 0.717) is 5.92 Å². The Bertz CT molecular complexity index is 375. The Morgan fingerprint density at radius 1 is 1.53 bits per heavy atom. The minimum atomic E-state index is 0.0771. The van der Waals surface area contributed by atoms with Crippen LogP contribution in [0.5, 0.6) is 0 Å². The fourth-order valence-electron chi connectivity index (χ4n) is 1.71. The summed E-state index contributed by atoms with van der Waals surface area (Å²) < 4.78 is 3.39. The van der Waals surface area contributed by atoms with E-state index in [4.69, 9.17) is 0 Å². The molecule has 1 fully saturated rings. The zero-order chi connectivity index (χ0) is 10.8. The van der Waals surface area contributed by atoms with Gasteiger partial charge in [0, 0.05) is 32.0 Å². The first-order valence-electron chi connectivity index (χ1n) is 5.62. The van der Waals surface area contributed by atoms with Crippen LogP contribution in [0.1, 0.15) is 19.8 Å². The highest BCUT2D eigenvalue weighted by Crippen LogP contribution is 2.18. The van der Waals surface area contributed by atoms with Gasteiger partial charge in [-0.05, 0) is 25.3 Å². The molecule has 0 aliphatic heterocycles. The van der Waals surface area contributed by atoms with Crippen LogP contribution in [-0.2, 0) is 13.6 Å². The summed E-state index contributed by atoms with van der Waals surface area (Å²) in [4.78, 5) is 11.6. The third-order valence-electron chi connectivity index (χ3n) is 2.86. The molecule has 0 aromatic carbocycles. The molecule has 1 aromatic rings. The molecular weight excluding hydrogens is 190 g/mol. The number of hydrogen-bond acceptors (Lipinski definition) is 2. The van der Waals surface area contributed by atoms with Gasteiger partial charge in [-0.2, -0.15) is 0 Å². The van der Waals surface area contributed by atoms with Gasteiger partial charge in [-0.25, -0.2) is 4.79 Å². The molecular formula is C11H19N3O. The van der Waals surface area contributed by atoms with Crippen LogP contribution < -0.4 is 11.0 Å². The lowest BCUT2D eigenvalue weighted by atomic mass is 10.2. The van der Waals surface area contributed by atoms with Gasteiger partial charge in [-0.15, -0.1) is 0 Å². The normalized spacial score (nSPS) is 18.0. The Morgan fingerprint density at radius 2 is 2.27 bits per heavy atom. The molecule has 1 aromatic heterocycles. The van der Waals surface area contributed by atoms with Crippen molar-refractivity contribution in [1.82, 2.24) is 14.5 Å². The van der Waals surface area contributed by atoms with Crippen LogP contribution in [0.3, 0.4) is 0 Å². The predicted molar refractivity (Wildman–Crippen MR) is 59.9 cm³/mol. The zero-order valence-corrected chi connectivity index (χ0v) is 9.44. The Labute approximate surface area is 89.9 Å². The molecule has 4 nitrogen and oxygen atoms in total. The highest BCUT2D eigenvalue weighted by molar-refractivity contribution is 4.83. The lowest BCUT2D eigenvalue weighted by Gasteiger charge is -2.12. The van der Waals surface area contributed by atoms with Crippen molar-refractivity contribution in [3.8, 4) is 0 Å². The zero-order valence-electron chi connectivity index (χ0n) is 9.44. The summed E-state index contributed by atoms with van der Waals surface area (Å²) in [6.07, 6.45) is 6.30. The molecule has 1 aliphatic carbocycles. The van der Waals surface area contributed by atoms with Crippen LogP contribution in [-0.4, -0.2) is 21.7 Å². The largest absolute Gasteiger partial charge is 0.327 e. The molecule has 0 saturated heterocycles. The van der Waals surface area contributed by atoms with E-state index in [0.717, 1.165) is 19.1 Å². The lowest BCUT2D eigenvalue weighted by molar-refractivity contribution is 0.435. The van der Waals surface area contributed by atoms with Crippen LogP contribution >= 0.6 is 0 Å². The first-order valence-corrected chi connectivity index (χ1v) is 5.62. The van der Waals surface area contributed by atoms with E-state index in [9.17, 15) is 4.79 Å². The van der Waals surface area contributed by atoms with E-state index in [1.165, 1.54) is 12.8 Å². The highest BCUT2D eigenvalue weighted by Gasteiger charge is 2.20. The maximum atomic E-state index is 11.6. The summed E-state index contributed by atoms with van der Waals surface area (Å²) in [5.74, 6) is 0.505. The molecule has 1 atom stereocenters. The van der Waals surface area contributed by atoms with Crippen molar-refractivity contribution in [3.05, 3.63) is 22.9 Å². The fraction of sp³-hybridized carbons (Fsp3) is 0.727. The van der Waals surface area contributed by atoms with Gasteiger partial charge >= 0.3 is 5.69 Å². The van der Waals surface area contributed by atoms with Crippen molar-refractivity contribution in [3.63, 3.8) is 0 Å². The molecule has 0 spiro atoms. The SMILES string of the molecule is CC(CNC1CC1)Cn1ccn(C)c1=O. The van der Waals surface area contributed by atoms with Crippen molar-refractivity contribution in [1.29, 1.82) is 0 Å². The van der Waals surface area contributed by atoms with Gasteiger partial charge in [-0.3, -0.25) is 4.57 Å². The average molecular weight is 209 g/mol. The molecule has 1 unspecified atom stereocenters. The number of nitrogens with one attached hydrogen (secondary N) is 1. The van der Waals surface area contributed by atoms with Gasteiger partial charge in [0.1, 0.15) is 0 Å². The molecule has 0 amide bonds. The number of rotatable bonds is 5. The maximum absolute atomic E-state index is 11.6. The summed E-state index contributed by atoms with van der Waals surface area (Å²) in [5.41, 5.74) is 0.0771. The number of aryl methyl sites for hydroxylation is 1. The van der Waals surface area contributed by atoms with Gasteiger partial charge in [-0.1, -0.05) is 6.92 Å². The first-order chi connectivity index (χ1) is 7.16. The molecule has 15 heavy (non-hydrogen) atoms. The molecule has 1 heterocycles. The Morgan fingerprint density at radius 3 is 2.80 bits per heavy atom. The van der Waals surface area contributed by atoms with Crippen LogP contribution in [0.15, 0.2) is 17.2 Å². The summed E-state index contributed by atoms with van der Waals surface area (Å²) in [7, 11) is 1.78. The number of aromatic nitrogens is 2. The van der Waals surface area contributed by atoms with E-state index in [1.807, 2.05) is 12.4 Å². The van der Waals surface area contributed by atoms with Crippen molar-refractivity contribution in [2.24, 2.45) is 13.0 Å². The number of nitrogens with zero attached hydrogens (tertiary/aromatic N) is 2. The summed E-state index contributed by atoms with van der Waals surface area (Å²) in [5, 5.41) is 3.48.